The third-order valence-corrected chi connectivity index (χ3v) is 4.33. The number of aryl methyl sites for hydroxylation is 1. The quantitative estimate of drug-likeness (QED) is 0.690. The summed E-state index contributed by atoms with van der Waals surface area (Å²) < 4.78 is 36.5. The highest BCUT2D eigenvalue weighted by atomic mass is 19.4. The Hall–Kier alpha value is -1.19. The van der Waals surface area contributed by atoms with Crippen LogP contribution in [0.25, 0.3) is 0 Å². The average Bonchev–Trinajstić information content (AvgIpc) is 2.45. The zero-order valence-electron chi connectivity index (χ0n) is 12.3. The predicted molar refractivity (Wildman–Crippen MR) is 77.5 cm³/mol. The van der Waals surface area contributed by atoms with Crippen LogP contribution < -0.4 is 0 Å². The Balaban J connectivity index is 1.98. The monoisotopic (exact) mass is 300 g/mol. The Morgan fingerprint density at radius 3 is 2.43 bits per heavy atom. The van der Waals surface area contributed by atoms with E-state index in [2.05, 4.69) is 0 Å². The predicted octanol–water partition coefficient (Wildman–Crippen LogP) is 5.72. The Kier molecular flexibility index (Phi) is 5.54. The van der Waals surface area contributed by atoms with E-state index in [4.69, 9.17) is 0 Å². The first-order chi connectivity index (χ1) is 9.96. The van der Waals surface area contributed by atoms with Crippen LogP contribution in [0.5, 0.6) is 5.75 Å². The van der Waals surface area contributed by atoms with Gasteiger partial charge in [0.1, 0.15) is 5.75 Å². The van der Waals surface area contributed by atoms with Crippen molar-refractivity contribution >= 4 is 0 Å². The van der Waals surface area contributed by atoms with E-state index in [1.165, 1.54) is 19.3 Å². The molecule has 1 aromatic carbocycles. The van der Waals surface area contributed by atoms with E-state index >= 15 is 0 Å². The van der Waals surface area contributed by atoms with E-state index in [0.717, 1.165) is 24.0 Å². The Labute approximate surface area is 124 Å². The van der Waals surface area contributed by atoms with Crippen molar-refractivity contribution < 1.29 is 18.3 Å². The van der Waals surface area contributed by atoms with Crippen molar-refractivity contribution in [3.63, 3.8) is 0 Å². The van der Waals surface area contributed by atoms with Gasteiger partial charge < -0.3 is 5.11 Å². The number of phenols is 1. The molecule has 0 saturated heterocycles. The summed E-state index contributed by atoms with van der Waals surface area (Å²) >= 11 is 0. The van der Waals surface area contributed by atoms with Gasteiger partial charge in [0, 0.05) is 6.42 Å². The van der Waals surface area contributed by atoms with Gasteiger partial charge in [0.15, 0.2) is 0 Å². The number of unbranched alkanes of at least 4 members (excludes halogenated alkanes) is 1. The van der Waals surface area contributed by atoms with Crippen LogP contribution in [0.1, 0.15) is 68.4 Å². The normalized spacial score (nSPS) is 17.1. The average molecular weight is 300 g/mol. The second-order valence-electron chi connectivity index (χ2n) is 6.04. The smallest absolute Gasteiger partial charge is 0.389 e. The van der Waals surface area contributed by atoms with Crippen LogP contribution in [0.3, 0.4) is 0 Å². The molecule has 2 rings (SSSR count). The van der Waals surface area contributed by atoms with Gasteiger partial charge in [-0.2, -0.15) is 13.2 Å². The van der Waals surface area contributed by atoms with Crippen LogP contribution in [-0.2, 0) is 6.42 Å². The molecule has 4 heteroatoms. The summed E-state index contributed by atoms with van der Waals surface area (Å²) in [4.78, 5) is 0. The molecule has 1 aromatic rings. The van der Waals surface area contributed by atoms with E-state index in [9.17, 15) is 18.3 Å². The van der Waals surface area contributed by atoms with Crippen molar-refractivity contribution in [1.29, 1.82) is 0 Å². The third kappa shape index (κ3) is 5.25. The van der Waals surface area contributed by atoms with Gasteiger partial charge in [0.2, 0.25) is 0 Å². The van der Waals surface area contributed by atoms with E-state index in [-0.39, 0.29) is 12.2 Å². The second-order valence-corrected chi connectivity index (χ2v) is 6.04. The topological polar surface area (TPSA) is 20.2 Å². The van der Waals surface area contributed by atoms with Crippen LogP contribution in [0.15, 0.2) is 18.2 Å². The third-order valence-electron chi connectivity index (χ3n) is 4.33. The number of halogens is 3. The number of hydrogen-bond acceptors (Lipinski definition) is 1. The maximum absolute atomic E-state index is 12.2. The molecule has 0 radical (unpaired) electrons. The highest BCUT2D eigenvalue weighted by molar-refractivity contribution is 5.37. The fourth-order valence-corrected chi connectivity index (χ4v) is 3.24. The molecule has 0 bridgehead atoms. The standard InChI is InChI=1S/C17H23F3O/c18-17(19,20)11-5-4-8-14-9-10-15(21)12-16(14)13-6-2-1-3-7-13/h9-10,12-13,21H,1-8,11H2. The summed E-state index contributed by atoms with van der Waals surface area (Å²) in [6, 6.07) is 5.34. The van der Waals surface area contributed by atoms with Crippen LogP contribution in [0, 0.1) is 0 Å². The summed E-state index contributed by atoms with van der Waals surface area (Å²) in [5.41, 5.74) is 2.27. The number of alkyl halides is 3. The fraction of sp³-hybridized carbons (Fsp3) is 0.647. The van der Waals surface area contributed by atoms with Gasteiger partial charge in [-0.15, -0.1) is 0 Å². The van der Waals surface area contributed by atoms with Gasteiger partial charge >= 0.3 is 6.18 Å². The van der Waals surface area contributed by atoms with E-state index in [0.29, 0.717) is 18.8 Å². The van der Waals surface area contributed by atoms with E-state index in [1.54, 1.807) is 6.07 Å². The molecule has 0 heterocycles. The van der Waals surface area contributed by atoms with Crippen molar-refractivity contribution in [2.45, 2.75) is 69.9 Å². The van der Waals surface area contributed by atoms with Crippen molar-refractivity contribution in [3.05, 3.63) is 29.3 Å². The summed E-state index contributed by atoms with van der Waals surface area (Å²) in [7, 11) is 0. The van der Waals surface area contributed by atoms with Gasteiger partial charge in [-0.1, -0.05) is 25.3 Å². The molecule has 0 spiro atoms. The molecule has 21 heavy (non-hydrogen) atoms. The number of benzene rings is 1. The number of rotatable bonds is 5. The minimum Gasteiger partial charge on any atom is -0.508 e. The maximum Gasteiger partial charge on any atom is 0.389 e. The Bertz CT molecular complexity index is 448. The molecular formula is C17H23F3O. The van der Waals surface area contributed by atoms with Crippen molar-refractivity contribution in [1.82, 2.24) is 0 Å². The zero-order valence-corrected chi connectivity index (χ0v) is 12.3. The van der Waals surface area contributed by atoms with Gasteiger partial charge in [-0.05, 0) is 61.3 Å². The SMILES string of the molecule is Oc1ccc(CCCCC(F)(F)F)c(C2CCCCC2)c1. The van der Waals surface area contributed by atoms with E-state index < -0.39 is 12.6 Å². The Morgan fingerprint density at radius 1 is 1.05 bits per heavy atom. The first-order valence-electron chi connectivity index (χ1n) is 7.84. The van der Waals surface area contributed by atoms with Crippen molar-refractivity contribution in [2.75, 3.05) is 0 Å². The van der Waals surface area contributed by atoms with Crippen molar-refractivity contribution in [3.8, 4) is 5.75 Å². The maximum atomic E-state index is 12.2. The van der Waals surface area contributed by atoms with Crippen molar-refractivity contribution in [2.24, 2.45) is 0 Å². The van der Waals surface area contributed by atoms with Crippen LogP contribution in [-0.4, -0.2) is 11.3 Å². The van der Waals surface area contributed by atoms with Gasteiger partial charge in [-0.25, -0.2) is 0 Å². The summed E-state index contributed by atoms with van der Waals surface area (Å²) in [5.74, 6) is 0.720. The highest BCUT2D eigenvalue weighted by Crippen LogP contribution is 2.36. The fourth-order valence-electron chi connectivity index (χ4n) is 3.24. The lowest BCUT2D eigenvalue weighted by Crippen LogP contribution is -2.09. The first-order valence-corrected chi connectivity index (χ1v) is 7.84. The molecule has 1 aliphatic carbocycles. The first kappa shape index (κ1) is 16.2. The molecule has 1 N–H and O–H groups in total. The van der Waals surface area contributed by atoms with Gasteiger partial charge in [0.05, 0.1) is 0 Å². The summed E-state index contributed by atoms with van der Waals surface area (Å²) in [5, 5.41) is 9.70. The molecule has 1 saturated carbocycles. The van der Waals surface area contributed by atoms with Gasteiger partial charge in [-0.3, -0.25) is 0 Å². The summed E-state index contributed by atoms with van der Waals surface area (Å²) in [6.45, 7) is 0. The molecule has 0 aliphatic heterocycles. The minimum atomic E-state index is -4.05. The molecular weight excluding hydrogens is 277 g/mol. The molecule has 0 unspecified atom stereocenters. The molecule has 1 nitrogen and oxygen atoms in total. The van der Waals surface area contributed by atoms with Crippen LogP contribution in [0.2, 0.25) is 0 Å². The van der Waals surface area contributed by atoms with E-state index in [1.807, 2.05) is 12.1 Å². The molecule has 0 atom stereocenters. The second kappa shape index (κ2) is 7.19. The highest BCUT2D eigenvalue weighted by Gasteiger charge is 2.26. The lowest BCUT2D eigenvalue weighted by molar-refractivity contribution is -0.135. The molecule has 0 amide bonds. The van der Waals surface area contributed by atoms with Gasteiger partial charge in [0.25, 0.3) is 0 Å². The molecule has 0 aromatic heterocycles. The minimum absolute atomic E-state index is 0.175. The van der Waals surface area contributed by atoms with Crippen LogP contribution in [0.4, 0.5) is 13.2 Å². The molecule has 1 fully saturated rings. The number of aromatic hydroxyl groups is 1. The lowest BCUT2D eigenvalue weighted by atomic mass is 9.81. The number of hydrogen-bond donors (Lipinski definition) is 1. The summed E-state index contributed by atoms with van der Waals surface area (Å²) in [6.07, 6.45) is 2.54. The zero-order chi connectivity index (χ0) is 15.3. The lowest BCUT2D eigenvalue weighted by Gasteiger charge is -2.24. The largest absolute Gasteiger partial charge is 0.508 e. The molecule has 1 aliphatic rings. The Morgan fingerprint density at radius 2 is 1.76 bits per heavy atom. The molecule has 118 valence electrons. The van der Waals surface area contributed by atoms with Crippen LogP contribution >= 0.6 is 0 Å². The number of phenolic OH excluding ortho intramolecular Hbond substituents is 1.